The summed E-state index contributed by atoms with van der Waals surface area (Å²) in [6.07, 6.45) is 1.49. The van der Waals surface area contributed by atoms with E-state index in [1.165, 1.54) is 20.3 Å². The summed E-state index contributed by atoms with van der Waals surface area (Å²) in [5, 5.41) is 12.2. The highest BCUT2D eigenvalue weighted by molar-refractivity contribution is 14.1. The number of nitrogens with zero attached hydrogens (tertiary/aromatic N) is 1. The first kappa shape index (κ1) is 20.6. The first-order chi connectivity index (χ1) is 13.0. The predicted octanol–water partition coefficient (Wildman–Crippen LogP) is 3.54. The first-order valence-electron chi connectivity index (χ1n) is 7.96. The normalized spacial score (nSPS) is 10.7. The third kappa shape index (κ3) is 5.37. The lowest BCUT2D eigenvalue weighted by Crippen LogP contribution is -2.23. The van der Waals surface area contributed by atoms with Gasteiger partial charge in [-0.05, 0) is 58.5 Å². The van der Waals surface area contributed by atoms with Gasteiger partial charge in [0.2, 0.25) is 0 Å². The van der Waals surface area contributed by atoms with Crippen LogP contribution in [0.3, 0.4) is 0 Å². The Kier molecular flexibility index (Phi) is 7.49. The minimum atomic E-state index is -0.465. The molecule has 2 rings (SSSR count). The van der Waals surface area contributed by atoms with Gasteiger partial charge in [-0.25, -0.2) is 0 Å². The summed E-state index contributed by atoms with van der Waals surface area (Å²) < 4.78 is 16.7. The summed E-state index contributed by atoms with van der Waals surface area (Å²) in [4.78, 5) is 12.4. The van der Waals surface area contributed by atoms with E-state index in [2.05, 4.69) is 27.9 Å². The molecule has 0 saturated carbocycles. The number of hydrogen-bond acceptors (Lipinski definition) is 5. The van der Waals surface area contributed by atoms with E-state index in [4.69, 9.17) is 14.2 Å². The van der Waals surface area contributed by atoms with Crippen molar-refractivity contribution >= 4 is 34.6 Å². The molecule has 0 spiro atoms. The van der Waals surface area contributed by atoms with Crippen LogP contribution in [0.1, 0.15) is 11.1 Å². The van der Waals surface area contributed by atoms with Gasteiger partial charge in [-0.2, -0.15) is 5.26 Å². The van der Waals surface area contributed by atoms with E-state index in [1.54, 1.807) is 7.11 Å². The van der Waals surface area contributed by atoms with Crippen LogP contribution >= 0.6 is 22.6 Å². The number of nitrogens with one attached hydrogen (secondary N) is 1. The average Bonchev–Trinajstić information content (AvgIpc) is 2.69. The highest BCUT2D eigenvalue weighted by Crippen LogP contribution is 2.34. The van der Waals surface area contributed by atoms with Crippen LogP contribution in [0.2, 0.25) is 0 Å². The lowest BCUT2D eigenvalue weighted by atomic mass is 10.1. The fraction of sp³-hybridized carbons (Fsp3) is 0.200. The Labute approximate surface area is 171 Å². The number of carbonyl (C=O) groups is 1. The summed E-state index contributed by atoms with van der Waals surface area (Å²) >= 11 is 2.14. The van der Waals surface area contributed by atoms with Gasteiger partial charge >= 0.3 is 0 Å². The highest BCUT2D eigenvalue weighted by Gasteiger charge is 2.14. The van der Waals surface area contributed by atoms with Gasteiger partial charge in [0.15, 0.2) is 11.5 Å². The van der Waals surface area contributed by atoms with Crippen molar-refractivity contribution in [3.8, 4) is 23.3 Å². The fourth-order valence-electron chi connectivity index (χ4n) is 2.39. The molecule has 0 unspecified atom stereocenters. The van der Waals surface area contributed by atoms with Gasteiger partial charge in [-0.3, -0.25) is 4.79 Å². The number of benzene rings is 2. The molecular formula is C20H19IN2O4. The maximum Gasteiger partial charge on any atom is 0.262 e. The van der Waals surface area contributed by atoms with E-state index in [0.29, 0.717) is 23.6 Å². The number of amides is 1. The molecule has 7 heteroatoms. The zero-order valence-electron chi connectivity index (χ0n) is 15.2. The lowest BCUT2D eigenvalue weighted by Gasteiger charge is -2.12. The van der Waals surface area contributed by atoms with Crippen LogP contribution in [0.4, 0.5) is 0 Å². The standard InChI is InChI=1S/C20H19IN2O4/c1-25-17-6-4-13(5-7-17)12-23-20(24)15(11-22)8-14-9-16(21)10-18(26-2)19(14)27-3/h4-10H,12H2,1-3H3,(H,23,24)/b15-8-. The average molecular weight is 478 g/mol. The van der Waals surface area contributed by atoms with Crippen LogP contribution in [0.25, 0.3) is 6.08 Å². The van der Waals surface area contributed by atoms with Crippen molar-refractivity contribution in [3.63, 3.8) is 0 Å². The van der Waals surface area contributed by atoms with Gasteiger partial charge in [0, 0.05) is 15.7 Å². The number of ether oxygens (including phenoxy) is 3. The van der Waals surface area contributed by atoms with Crippen LogP contribution in [0, 0.1) is 14.9 Å². The quantitative estimate of drug-likeness (QED) is 0.374. The highest BCUT2D eigenvalue weighted by atomic mass is 127. The minimum absolute atomic E-state index is 0.0223. The van der Waals surface area contributed by atoms with Crippen LogP contribution in [-0.4, -0.2) is 27.2 Å². The number of nitriles is 1. The number of methoxy groups -OCH3 is 3. The molecule has 1 amide bonds. The molecule has 2 aromatic rings. The molecule has 0 heterocycles. The SMILES string of the molecule is COc1ccc(CNC(=O)/C(C#N)=C\c2cc(I)cc(OC)c2OC)cc1. The minimum Gasteiger partial charge on any atom is -0.497 e. The van der Waals surface area contributed by atoms with Crippen LogP contribution in [0.15, 0.2) is 42.0 Å². The van der Waals surface area contributed by atoms with Crippen molar-refractivity contribution in [2.45, 2.75) is 6.54 Å². The fourth-order valence-corrected chi connectivity index (χ4v) is 3.01. The molecule has 0 aliphatic heterocycles. The van der Waals surface area contributed by atoms with E-state index < -0.39 is 5.91 Å². The van der Waals surface area contributed by atoms with Crippen LogP contribution in [0.5, 0.6) is 17.2 Å². The Bertz CT molecular complexity index is 886. The van der Waals surface area contributed by atoms with Gasteiger partial charge in [0.1, 0.15) is 17.4 Å². The summed E-state index contributed by atoms with van der Waals surface area (Å²) in [5.74, 6) is 1.27. The number of carbonyl (C=O) groups excluding carboxylic acids is 1. The molecule has 0 atom stereocenters. The van der Waals surface area contributed by atoms with Gasteiger partial charge in [-0.1, -0.05) is 12.1 Å². The Morgan fingerprint density at radius 1 is 1.15 bits per heavy atom. The molecule has 0 saturated heterocycles. The number of halogens is 1. The summed E-state index contributed by atoms with van der Waals surface area (Å²) in [5.41, 5.74) is 1.47. The van der Waals surface area contributed by atoms with E-state index >= 15 is 0 Å². The second-order valence-electron chi connectivity index (χ2n) is 5.43. The Morgan fingerprint density at radius 2 is 1.85 bits per heavy atom. The van der Waals surface area contributed by atoms with Crippen molar-refractivity contribution in [1.82, 2.24) is 5.32 Å². The first-order valence-corrected chi connectivity index (χ1v) is 9.04. The molecule has 27 heavy (non-hydrogen) atoms. The van der Waals surface area contributed by atoms with E-state index in [9.17, 15) is 10.1 Å². The molecular weight excluding hydrogens is 459 g/mol. The molecule has 0 aliphatic carbocycles. The maximum absolute atomic E-state index is 12.4. The van der Waals surface area contributed by atoms with Gasteiger partial charge in [-0.15, -0.1) is 0 Å². The molecule has 0 fully saturated rings. The second kappa shape index (κ2) is 9.83. The zero-order valence-corrected chi connectivity index (χ0v) is 17.4. The Morgan fingerprint density at radius 3 is 2.41 bits per heavy atom. The van der Waals surface area contributed by atoms with Gasteiger partial charge in [0.25, 0.3) is 5.91 Å². The number of hydrogen-bond donors (Lipinski definition) is 1. The molecule has 0 radical (unpaired) electrons. The Hall–Kier alpha value is -2.73. The molecule has 140 valence electrons. The molecule has 6 nitrogen and oxygen atoms in total. The molecule has 0 aromatic heterocycles. The van der Waals surface area contributed by atoms with Crippen molar-refractivity contribution in [3.05, 3.63) is 56.7 Å². The van der Waals surface area contributed by atoms with Gasteiger partial charge in [0.05, 0.1) is 21.3 Å². The van der Waals surface area contributed by atoms with Crippen molar-refractivity contribution in [1.29, 1.82) is 5.26 Å². The van der Waals surface area contributed by atoms with Crippen molar-refractivity contribution in [2.24, 2.45) is 0 Å². The zero-order chi connectivity index (χ0) is 19.8. The second-order valence-corrected chi connectivity index (χ2v) is 6.68. The third-order valence-electron chi connectivity index (χ3n) is 3.75. The van der Waals surface area contributed by atoms with Crippen molar-refractivity contribution in [2.75, 3.05) is 21.3 Å². The summed E-state index contributed by atoms with van der Waals surface area (Å²) in [7, 11) is 4.64. The van der Waals surface area contributed by atoms with E-state index in [-0.39, 0.29) is 5.57 Å². The topological polar surface area (TPSA) is 80.6 Å². The maximum atomic E-state index is 12.4. The smallest absolute Gasteiger partial charge is 0.262 e. The van der Waals surface area contributed by atoms with E-state index in [1.807, 2.05) is 42.5 Å². The molecule has 0 bridgehead atoms. The molecule has 2 aromatic carbocycles. The monoisotopic (exact) mass is 478 g/mol. The largest absolute Gasteiger partial charge is 0.497 e. The van der Waals surface area contributed by atoms with Crippen LogP contribution < -0.4 is 19.5 Å². The Balaban J connectivity index is 2.21. The molecule has 1 N–H and O–H groups in total. The predicted molar refractivity (Wildman–Crippen MR) is 111 cm³/mol. The van der Waals surface area contributed by atoms with Crippen LogP contribution in [-0.2, 0) is 11.3 Å². The molecule has 0 aliphatic rings. The van der Waals surface area contributed by atoms with Crippen molar-refractivity contribution < 1.29 is 19.0 Å². The summed E-state index contributed by atoms with van der Waals surface area (Å²) in [6.45, 7) is 0.300. The number of rotatable bonds is 7. The summed E-state index contributed by atoms with van der Waals surface area (Å²) in [6, 6.07) is 12.9. The third-order valence-corrected chi connectivity index (χ3v) is 4.37. The lowest BCUT2D eigenvalue weighted by molar-refractivity contribution is -0.117. The van der Waals surface area contributed by atoms with E-state index in [0.717, 1.165) is 14.9 Å². The van der Waals surface area contributed by atoms with Gasteiger partial charge < -0.3 is 19.5 Å².